The fourth-order valence-corrected chi connectivity index (χ4v) is 3.51. The van der Waals surface area contributed by atoms with E-state index in [0.29, 0.717) is 31.0 Å². The van der Waals surface area contributed by atoms with Crippen molar-refractivity contribution in [2.75, 3.05) is 39.3 Å². The van der Waals surface area contributed by atoms with Crippen LogP contribution in [-0.4, -0.2) is 51.1 Å². The summed E-state index contributed by atoms with van der Waals surface area (Å²) in [6.45, 7) is 1.04. The van der Waals surface area contributed by atoms with Crippen molar-refractivity contribution < 1.29 is 19.1 Å². The molecule has 1 heterocycles. The van der Waals surface area contributed by atoms with Gasteiger partial charge in [0.1, 0.15) is 0 Å². The molecule has 1 aliphatic rings. The summed E-state index contributed by atoms with van der Waals surface area (Å²) >= 11 is 0. The van der Waals surface area contributed by atoms with Gasteiger partial charge in [0.25, 0.3) is 0 Å². The molecule has 1 saturated heterocycles. The number of likely N-dealkylation sites (tertiary alicyclic amines) is 1. The summed E-state index contributed by atoms with van der Waals surface area (Å²) < 4.78 is 10.6. The lowest BCUT2D eigenvalue weighted by atomic mass is 10.1. The highest BCUT2D eigenvalue weighted by Gasteiger charge is 2.35. The highest BCUT2D eigenvalue weighted by atomic mass is 16.5. The highest BCUT2D eigenvalue weighted by Crippen LogP contribution is 2.28. The number of nitrogens with zero attached hydrogens (tertiary/aromatic N) is 2. The van der Waals surface area contributed by atoms with E-state index in [0.717, 1.165) is 11.3 Å². The molecule has 0 N–H and O–H groups in total. The minimum Gasteiger partial charge on any atom is -0.493 e. The molecule has 1 aliphatic heterocycles. The summed E-state index contributed by atoms with van der Waals surface area (Å²) in [6, 6.07) is 15.2. The Labute approximate surface area is 165 Å². The van der Waals surface area contributed by atoms with Crippen molar-refractivity contribution in [1.82, 2.24) is 4.90 Å². The van der Waals surface area contributed by atoms with Crippen LogP contribution < -0.4 is 14.4 Å². The van der Waals surface area contributed by atoms with Crippen LogP contribution in [0, 0.1) is 5.92 Å². The Kier molecular flexibility index (Phi) is 6.19. The second kappa shape index (κ2) is 8.78. The molecule has 0 saturated carbocycles. The summed E-state index contributed by atoms with van der Waals surface area (Å²) in [5.41, 5.74) is 1.89. The molecular weight excluding hydrogens is 356 g/mol. The quantitative estimate of drug-likeness (QED) is 0.739. The van der Waals surface area contributed by atoms with Gasteiger partial charge in [0.2, 0.25) is 11.8 Å². The first-order valence-electron chi connectivity index (χ1n) is 9.34. The van der Waals surface area contributed by atoms with Crippen LogP contribution in [0.5, 0.6) is 11.5 Å². The van der Waals surface area contributed by atoms with Crippen molar-refractivity contribution >= 4 is 17.5 Å². The lowest BCUT2D eigenvalue weighted by Crippen LogP contribution is -2.35. The SMILES string of the molecule is COc1ccc(CCN2CC(C(=O)N(C)c3ccccc3)CC2=O)cc1OC. The molecule has 1 atom stereocenters. The van der Waals surface area contributed by atoms with Gasteiger partial charge < -0.3 is 19.3 Å². The smallest absolute Gasteiger partial charge is 0.232 e. The molecule has 2 amide bonds. The first-order valence-corrected chi connectivity index (χ1v) is 9.34. The number of carbonyl (C=O) groups excluding carboxylic acids is 2. The molecule has 3 rings (SSSR count). The van der Waals surface area contributed by atoms with Crippen molar-refractivity contribution in [1.29, 1.82) is 0 Å². The zero-order valence-electron chi connectivity index (χ0n) is 16.6. The van der Waals surface area contributed by atoms with E-state index in [-0.39, 0.29) is 24.2 Å². The second-order valence-corrected chi connectivity index (χ2v) is 6.91. The Hall–Kier alpha value is -3.02. The number of ether oxygens (including phenoxy) is 2. The van der Waals surface area contributed by atoms with Gasteiger partial charge in [-0.3, -0.25) is 9.59 Å². The zero-order chi connectivity index (χ0) is 20.1. The Balaban J connectivity index is 1.60. The number of benzene rings is 2. The Bertz CT molecular complexity index is 838. The van der Waals surface area contributed by atoms with Gasteiger partial charge in [0, 0.05) is 32.2 Å². The van der Waals surface area contributed by atoms with Gasteiger partial charge in [-0.1, -0.05) is 24.3 Å². The average Bonchev–Trinajstić information content (AvgIpc) is 3.12. The van der Waals surface area contributed by atoms with Gasteiger partial charge in [0.15, 0.2) is 11.5 Å². The van der Waals surface area contributed by atoms with Crippen LogP contribution in [0.15, 0.2) is 48.5 Å². The maximum absolute atomic E-state index is 12.8. The van der Waals surface area contributed by atoms with Gasteiger partial charge in [-0.25, -0.2) is 0 Å². The van der Waals surface area contributed by atoms with Crippen LogP contribution in [0.25, 0.3) is 0 Å². The fourth-order valence-electron chi connectivity index (χ4n) is 3.51. The maximum atomic E-state index is 12.8. The van der Waals surface area contributed by atoms with E-state index in [9.17, 15) is 9.59 Å². The Morgan fingerprint density at radius 2 is 1.82 bits per heavy atom. The minimum absolute atomic E-state index is 0.0202. The molecule has 0 aromatic heterocycles. The van der Waals surface area contributed by atoms with E-state index in [1.165, 1.54) is 0 Å². The molecule has 28 heavy (non-hydrogen) atoms. The molecular formula is C22H26N2O4. The number of hydrogen-bond donors (Lipinski definition) is 0. The molecule has 2 aromatic carbocycles. The molecule has 148 valence electrons. The molecule has 0 bridgehead atoms. The fraction of sp³-hybridized carbons (Fsp3) is 0.364. The second-order valence-electron chi connectivity index (χ2n) is 6.91. The third-order valence-corrected chi connectivity index (χ3v) is 5.16. The molecule has 1 unspecified atom stereocenters. The Morgan fingerprint density at radius 1 is 1.11 bits per heavy atom. The molecule has 0 spiro atoms. The predicted octanol–water partition coefficient (Wildman–Crippen LogP) is 2.76. The number of para-hydroxylation sites is 1. The largest absolute Gasteiger partial charge is 0.493 e. The minimum atomic E-state index is -0.303. The van der Waals surface area contributed by atoms with Crippen LogP contribution >= 0.6 is 0 Å². The molecule has 1 fully saturated rings. The number of amides is 2. The molecule has 2 aromatic rings. The van der Waals surface area contributed by atoms with E-state index in [1.807, 2.05) is 48.5 Å². The van der Waals surface area contributed by atoms with Crippen LogP contribution in [0.3, 0.4) is 0 Å². The average molecular weight is 382 g/mol. The third-order valence-electron chi connectivity index (χ3n) is 5.16. The number of rotatable bonds is 7. The monoisotopic (exact) mass is 382 g/mol. The topological polar surface area (TPSA) is 59.1 Å². The maximum Gasteiger partial charge on any atom is 0.232 e. The standard InChI is InChI=1S/C22H26N2O4/c1-23(18-7-5-4-6-8-18)22(26)17-14-21(25)24(15-17)12-11-16-9-10-19(27-2)20(13-16)28-3/h4-10,13,17H,11-12,14-15H2,1-3H3. The normalized spacial score (nSPS) is 16.2. The van der Waals surface area contributed by atoms with Gasteiger partial charge in [-0.05, 0) is 36.2 Å². The lowest BCUT2D eigenvalue weighted by Gasteiger charge is -2.21. The molecule has 0 radical (unpaired) electrons. The number of hydrogen-bond acceptors (Lipinski definition) is 4. The number of carbonyl (C=O) groups is 2. The molecule has 6 heteroatoms. The van der Waals surface area contributed by atoms with Gasteiger partial charge in [-0.15, -0.1) is 0 Å². The summed E-state index contributed by atoms with van der Waals surface area (Å²) in [5, 5.41) is 0. The highest BCUT2D eigenvalue weighted by molar-refractivity contribution is 5.98. The summed E-state index contributed by atoms with van der Waals surface area (Å²) in [6.07, 6.45) is 0.962. The van der Waals surface area contributed by atoms with Crippen LogP contribution in [0.2, 0.25) is 0 Å². The first kappa shape index (κ1) is 19.7. The van der Waals surface area contributed by atoms with Crippen LogP contribution in [0.4, 0.5) is 5.69 Å². The predicted molar refractivity (Wildman–Crippen MR) is 108 cm³/mol. The van der Waals surface area contributed by atoms with Crippen molar-refractivity contribution in [3.8, 4) is 11.5 Å². The van der Waals surface area contributed by atoms with Crippen molar-refractivity contribution in [3.05, 3.63) is 54.1 Å². The van der Waals surface area contributed by atoms with E-state index in [4.69, 9.17) is 9.47 Å². The number of anilines is 1. The van der Waals surface area contributed by atoms with Gasteiger partial charge in [0.05, 0.1) is 20.1 Å². The van der Waals surface area contributed by atoms with Crippen molar-refractivity contribution in [2.24, 2.45) is 5.92 Å². The van der Waals surface area contributed by atoms with Crippen LogP contribution in [-0.2, 0) is 16.0 Å². The summed E-state index contributed by atoms with van der Waals surface area (Å²) in [4.78, 5) is 28.6. The van der Waals surface area contributed by atoms with Crippen molar-refractivity contribution in [2.45, 2.75) is 12.8 Å². The van der Waals surface area contributed by atoms with Gasteiger partial charge >= 0.3 is 0 Å². The van der Waals surface area contributed by atoms with Crippen LogP contribution in [0.1, 0.15) is 12.0 Å². The first-order chi connectivity index (χ1) is 13.5. The molecule has 6 nitrogen and oxygen atoms in total. The Morgan fingerprint density at radius 3 is 2.50 bits per heavy atom. The lowest BCUT2D eigenvalue weighted by molar-refractivity contribution is -0.128. The van der Waals surface area contributed by atoms with Gasteiger partial charge in [-0.2, -0.15) is 0 Å². The summed E-state index contributed by atoms with van der Waals surface area (Å²) in [7, 11) is 4.96. The zero-order valence-corrected chi connectivity index (χ0v) is 16.6. The van der Waals surface area contributed by atoms with Crippen molar-refractivity contribution in [3.63, 3.8) is 0 Å². The third kappa shape index (κ3) is 4.27. The number of methoxy groups -OCH3 is 2. The van der Waals surface area contributed by atoms with E-state index in [2.05, 4.69) is 0 Å². The van der Waals surface area contributed by atoms with E-state index < -0.39 is 0 Å². The van der Waals surface area contributed by atoms with E-state index in [1.54, 1.807) is 31.1 Å². The van der Waals surface area contributed by atoms with E-state index >= 15 is 0 Å². The molecule has 0 aliphatic carbocycles. The summed E-state index contributed by atoms with van der Waals surface area (Å²) in [5.74, 6) is 1.06.